The van der Waals surface area contributed by atoms with Gasteiger partial charge in [0.15, 0.2) is 0 Å². The number of benzene rings is 1. The van der Waals surface area contributed by atoms with E-state index in [4.69, 9.17) is 12.2 Å². The van der Waals surface area contributed by atoms with Crippen molar-refractivity contribution in [1.82, 2.24) is 9.80 Å². The van der Waals surface area contributed by atoms with E-state index in [-0.39, 0.29) is 24.2 Å². The van der Waals surface area contributed by atoms with E-state index in [1.807, 2.05) is 13.0 Å². The van der Waals surface area contributed by atoms with Gasteiger partial charge in [0.1, 0.15) is 16.7 Å². The molecule has 128 valence electrons. The molecule has 1 aromatic carbocycles. The van der Waals surface area contributed by atoms with E-state index in [0.29, 0.717) is 25.9 Å². The molecule has 1 fully saturated rings. The van der Waals surface area contributed by atoms with Gasteiger partial charge >= 0.3 is 0 Å². The maximum Gasteiger partial charge on any atom is 0.266 e. The second-order valence-electron chi connectivity index (χ2n) is 5.90. The molecule has 0 atom stereocenters. The summed E-state index contributed by atoms with van der Waals surface area (Å²) in [6, 6.07) is 3.28. The molecule has 0 N–H and O–H groups in total. The van der Waals surface area contributed by atoms with Crippen molar-refractivity contribution in [3.8, 4) is 0 Å². The molecule has 0 spiro atoms. The largest absolute Gasteiger partial charge is 0.347 e. The summed E-state index contributed by atoms with van der Waals surface area (Å²) in [6.07, 6.45) is 0. The van der Waals surface area contributed by atoms with E-state index in [1.54, 1.807) is 27.9 Å². The van der Waals surface area contributed by atoms with E-state index in [2.05, 4.69) is 0 Å². The monoisotopic (exact) mass is 366 g/mol. The Kier molecular flexibility index (Phi) is 5.45. The van der Waals surface area contributed by atoms with E-state index >= 15 is 0 Å². The van der Waals surface area contributed by atoms with Crippen LogP contribution in [0.5, 0.6) is 0 Å². The molecule has 1 aliphatic rings. The molecule has 0 aliphatic carbocycles. The normalized spacial score (nSPS) is 16.7. The van der Waals surface area contributed by atoms with Gasteiger partial charge in [0.2, 0.25) is 5.91 Å². The zero-order chi connectivity index (χ0) is 18.2. The predicted octanol–water partition coefficient (Wildman–Crippen LogP) is 3.12. The smallest absolute Gasteiger partial charge is 0.266 e. The average molecular weight is 366 g/mol. The topological polar surface area (TPSA) is 40.6 Å². The highest BCUT2D eigenvalue weighted by Crippen LogP contribution is 2.37. The van der Waals surface area contributed by atoms with Gasteiger partial charge in [-0.3, -0.25) is 14.5 Å². The highest BCUT2D eigenvalue weighted by Gasteiger charge is 2.35. The fourth-order valence-electron chi connectivity index (χ4n) is 2.21. The SMILES string of the molecule is C/C(=C1/SC(=S)N(CC(=O)N(C)C)C1=O)c1cc(C)c(C)c(F)c1. The maximum atomic E-state index is 14.0. The highest BCUT2D eigenvalue weighted by molar-refractivity contribution is 8.26. The lowest BCUT2D eigenvalue weighted by atomic mass is 10.0. The lowest BCUT2D eigenvalue weighted by Gasteiger charge is -2.17. The first-order valence-corrected chi connectivity index (χ1v) is 8.57. The number of allylic oxidation sites excluding steroid dienone is 1. The van der Waals surface area contributed by atoms with Gasteiger partial charge in [-0.2, -0.15) is 0 Å². The van der Waals surface area contributed by atoms with Gasteiger partial charge in [-0.05, 0) is 49.1 Å². The van der Waals surface area contributed by atoms with Gasteiger partial charge < -0.3 is 4.90 Å². The van der Waals surface area contributed by atoms with Crippen molar-refractivity contribution in [1.29, 1.82) is 0 Å². The van der Waals surface area contributed by atoms with E-state index in [1.165, 1.54) is 15.9 Å². The Morgan fingerprint density at radius 1 is 1.33 bits per heavy atom. The lowest BCUT2D eigenvalue weighted by molar-refractivity contribution is -0.133. The van der Waals surface area contributed by atoms with Gasteiger partial charge in [0.25, 0.3) is 5.91 Å². The number of likely N-dealkylation sites (N-methyl/N-ethyl adjacent to an activating group) is 1. The molecule has 1 aliphatic heterocycles. The number of thioether (sulfide) groups is 1. The molecule has 24 heavy (non-hydrogen) atoms. The first-order valence-electron chi connectivity index (χ1n) is 7.35. The van der Waals surface area contributed by atoms with Crippen molar-refractivity contribution in [3.05, 3.63) is 39.5 Å². The summed E-state index contributed by atoms with van der Waals surface area (Å²) in [7, 11) is 3.25. The van der Waals surface area contributed by atoms with Crippen LogP contribution in [0.2, 0.25) is 0 Å². The minimum atomic E-state index is -0.309. The number of nitrogens with zero attached hydrogens (tertiary/aromatic N) is 2. The molecule has 1 saturated heterocycles. The van der Waals surface area contributed by atoms with Gasteiger partial charge in [-0.15, -0.1) is 0 Å². The Hall–Kier alpha value is -1.73. The highest BCUT2D eigenvalue weighted by atomic mass is 32.2. The third-order valence-corrected chi connectivity index (χ3v) is 5.57. The number of aryl methyl sites for hydroxylation is 1. The number of hydrogen-bond acceptors (Lipinski definition) is 4. The van der Waals surface area contributed by atoms with Crippen LogP contribution in [0.3, 0.4) is 0 Å². The molecule has 0 bridgehead atoms. The molecule has 1 aromatic rings. The maximum absolute atomic E-state index is 14.0. The van der Waals surface area contributed by atoms with Gasteiger partial charge in [-0.25, -0.2) is 4.39 Å². The van der Waals surface area contributed by atoms with E-state index in [9.17, 15) is 14.0 Å². The quantitative estimate of drug-likeness (QED) is 0.609. The van der Waals surface area contributed by atoms with Crippen LogP contribution in [0.25, 0.3) is 5.57 Å². The van der Waals surface area contributed by atoms with Crippen molar-refractivity contribution < 1.29 is 14.0 Å². The van der Waals surface area contributed by atoms with Crippen molar-refractivity contribution in [2.75, 3.05) is 20.6 Å². The average Bonchev–Trinajstić information content (AvgIpc) is 2.79. The summed E-state index contributed by atoms with van der Waals surface area (Å²) < 4.78 is 14.3. The van der Waals surface area contributed by atoms with Crippen molar-refractivity contribution in [2.45, 2.75) is 20.8 Å². The molecular formula is C17H19FN2O2S2. The number of rotatable bonds is 3. The molecule has 0 saturated carbocycles. The Morgan fingerprint density at radius 2 is 1.96 bits per heavy atom. The second kappa shape index (κ2) is 7.03. The minimum absolute atomic E-state index is 0.0876. The third kappa shape index (κ3) is 3.52. The van der Waals surface area contributed by atoms with Crippen molar-refractivity contribution >= 4 is 45.7 Å². The molecule has 4 nitrogen and oxygen atoms in total. The Bertz CT molecular complexity index is 749. The van der Waals surface area contributed by atoms with Gasteiger partial charge in [0, 0.05) is 14.1 Å². The summed E-state index contributed by atoms with van der Waals surface area (Å²) in [6.45, 7) is 5.23. The number of carbonyl (C=O) groups is 2. The van der Waals surface area contributed by atoms with Crippen LogP contribution >= 0.6 is 24.0 Å². The van der Waals surface area contributed by atoms with E-state index < -0.39 is 0 Å². The summed E-state index contributed by atoms with van der Waals surface area (Å²) in [4.78, 5) is 27.6. The summed E-state index contributed by atoms with van der Waals surface area (Å²) in [5, 5.41) is 0. The minimum Gasteiger partial charge on any atom is -0.347 e. The molecule has 2 amide bonds. The first-order chi connectivity index (χ1) is 11.1. The molecular weight excluding hydrogens is 347 g/mol. The Labute approximate surface area is 150 Å². The predicted molar refractivity (Wildman–Crippen MR) is 99.1 cm³/mol. The number of hydrogen-bond donors (Lipinski definition) is 0. The van der Waals surface area contributed by atoms with Crippen LogP contribution in [0, 0.1) is 19.7 Å². The number of thiocarbonyl (C=S) groups is 1. The van der Waals surface area contributed by atoms with E-state index in [0.717, 1.165) is 17.3 Å². The van der Waals surface area contributed by atoms with Crippen molar-refractivity contribution in [2.24, 2.45) is 0 Å². The van der Waals surface area contributed by atoms with Crippen LogP contribution in [0.15, 0.2) is 17.0 Å². The summed E-state index contributed by atoms with van der Waals surface area (Å²) in [5.41, 5.74) is 2.72. The molecule has 0 radical (unpaired) electrons. The van der Waals surface area contributed by atoms with Crippen LogP contribution in [-0.2, 0) is 9.59 Å². The summed E-state index contributed by atoms with van der Waals surface area (Å²) in [5.74, 6) is -0.818. The number of amides is 2. The van der Waals surface area contributed by atoms with Crippen LogP contribution < -0.4 is 0 Å². The zero-order valence-electron chi connectivity index (χ0n) is 14.3. The van der Waals surface area contributed by atoms with Crippen LogP contribution in [0.1, 0.15) is 23.6 Å². The Balaban J connectivity index is 2.38. The van der Waals surface area contributed by atoms with Crippen LogP contribution in [0.4, 0.5) is 4.39 Å². The molecule has 1 heterocycles. The number of halogens is 1. The van der Waals surface area contributed by atoms with Gasteiger partial charge in [-0.1, -0.05) is 30.0 Å². The summed E-state index contributed by atoms with van der Waals surface area (Å²) >= 11 is 6.38. The molecule has 0 unspecified atom stereocenters. The number of carbonyl (C=O) groups excluding carboxylic acids is 2. The molecule has 2 rings (SSSR count). The van der Waals surface area contributed by atoms with Crippen LogP contribution in [-0.4, -0.2) is 46.6 Å². The van der Waals surface area contributed by atoms with Crippen molar-refractivity contribution in [3.63, 3.8) is 0 Å². The molecule has 0 aromatic heterocycles. The first kappa shape index (κ1) is 18.6. The molecule has 7 heteroatoms. The Morgan fingerprint density at radius 3 is 2.50 bits per heavy atom. The second-order valence-corrected chi connectivity index (χ2v) is 7.55. The van der Waals surface area contributed by atoms with Gasteiger partial charge in [0.05, 0.1) is 4.91 Å². The third-order valence-electron chi connectivity index (χ3n) is 4.02. The zero-order valence-corrected chi connectivity index (χ0v) is 15.9. The fourth-order valence-corrected chi connectivity index (χ4v) is 3.50. The fraction of sp³-hybridized carbons (Fsp3) is 0.353. The lowest BCUT2D eigenvalue weighted by Crippen LogP contribution is -2.38. The standard InChI is InChI=1S/C17H19FN2O2S2/c1-9-6-12(7-13(18)10(9)2)11(3)15-16(22)20(17(23)24-15)8-14(21)19(4)5/h6-7H,8H2,1-5H3/b15-11-.